The lowest BCUT2D eigenvalue weighted by atomic mass is 10.1. The average Bonchev–Trinajstić information content (AvgIpc) is 2.73. The lowest BCUT2D eigenvalue weighted by molar-refractivity contribution is -0.141. The Morgan fingerprint density at radius 2 is 1.60 bits per heavy atom. The van der Waals surface area contributed by atoms with Crippen molar-refractivity contribution in [3.05, 3.63) is 63.1 Å². The van der Waals surface area contributed by atoms with E-state index in [0.29, 0.717) is 27.1 Å². The number of sulfonamides is 1. The molecule has 2 aromatic rings. The summed E-state index contributed by atoms with van der Waals surface area (Å²) < 4.78 is 26.2. The molecule has 0 heterocycles. The van der Waals surface area contributed by atoms with Gasteiger partial charge in [-0.15, -0.1) is 0 Å². The zero-order valence-corrected chi connectivity index (χ0v) is 23.4. The SMILES string of the molecule is CC[C@@H](C(=O)NC(C)(C)C)N(Cc1ccc(Cl)c(Cl)c1)C(=O)CN(c1ccc(Cl)cc1)S(C)(=O)=O. The van der Waals surface area contributed by atoms with E-state index in [1.165, 1.54) is 17.0 Å². The number of carbonyl (C=O) groups is 2. The van der Waals surface area contributed by atoms with Crippen molar-refractivity contribution >= 4 is 62.3 Å². The van der Waals surface area contributed by atoms with Crippen LogP contribution in [0.1, 0.15) is 39.7 Å². The number of amides is 2. The molecule has 1 atom stereocenters. The Morgan fingerprint density at radius 1 is 1.00 bits per heavy atom. The monoisotopic (exact) mass is 561 g/mol. The number of anilines is 1. The number of nitrogens with one attached hydrogen (secondary N) is 1. The van der Waals surface area contributed by atoms with Crippen molar-refractivity contribution < 1.29 is 18.0 Å². The van der Waals surface area contributed by atoms with Crippen LogP contribution in [0, 0.1) is 0 Å². The molecule has 0 aliphatic rings. The maximum Gasteiger partial charge on any atom is 0.244 e. The molecule has 7 nitrogen and oxygen atoms in total. The van der Waals surface area contributed by atoms with E-state index in [0.717, 1.165) is 10.6 Å². The summed E-state index contributed by atoms with van der Waals surface area (Å²) >= 11 is 18.1. The lowest BCUT2D eigenvalue weighted by Gasteiger charge is -2.34. The third-order valence-corrected chi connectivity index (χ3v) is 7.15. The molecule has 0 bridgehead atoms. The zero-order valence-electron chi connectivity index (χ0n) is 20.3. The summed E-state index contributed by atoms with van der Waals surface area (Å²) in [6.45, 7) is 6.85. The smallest absolute Gasteiger partial charge is 0.244 e. The molecular formula is C24H30Cl3N3O4S. The zero-order chi connectivity index (χ0) is 26.6. The van der Waals surface area contributed by atoms with Crippen LogP contribution in [0.5, 0.6) is 0 Å². The van der Waals surface area contributed by atoms with Gasteiger partial charge in [-0.2, -0.15) is 0 Å². The van der Waals surface area contributed by atoms with Crippen molar-refractivity contribution in [2.24, 2.45) is 0 Å². The van der Waals surface area contributed by atoms with Gasteiger partial charge in [0.25, 0.3) is 0 Å². The second kappa shape index (κ2) is 11.8. The van der Waals surface area contributed by atoms with Gasteiger partial charge in [-0.3, -0.25) is 13.9 Å². The maximum atomic E-state index is 13.6. The fraction of sp³-hybridized carbons (Fsp3) is 0.417. The number of nitrogens with zero attached hydrogens (tertiary/aromatic N) is 2. The normalized spacial score (nSPS) is 12.7. The number of benzene rings is 2. The molecule has 0 fully saturated rings. The minimum absolute atomic E-state index is 0.0318. The fourth-order valence-electron chi connectivity index (χ4n) is 3.43. The van der Waals surface area contributed by atoms with Gasteiger partial charge in [0.05, 0.1) is 22.0 Å². The Balaban J connectivity index is 2.47. The summed E-state index contributed by atoms with van der Waals surface area (Å²) in [4.78, 5) is 28.1. The van der Waals surface area contributed by atoms with Crippen LogP contribution in [0.4, 0.5) is 5.69 Å². The van der Waals surface area contributed by atoms with Gasteiger partial charge in [-0.05, 0) is 69.2 Å². The summed E-state index contributed by atoms with van der Waals surface area (Å²) in [6, 6.07) is 10.2. The van der Waals surface area contributed by atoms with E-state index < -0.39 is 34.1 Å². The Kier molecular flexibility index (Phi) is 9.87. The molecule has 0 aromatic heterocycles. The topological polar surface area (TPSA) is 86.8 Å². The van der Waals surface area contributed by atoms with E-state index in [1.807, 2.05) is 20.8 Å². The second-order valence-corrected chi connectivity index (χ2v) is 12.3. The molecule has 0 aliphatic heterocycles. The van der Waals surface area contributed by atoms with Crippen molar-refractivity contribution in [3.63, 3.8) is 0 Å². The highest BCUT2D eigenvalue weighted by Gasteiger charge is 2.33. The van der Waals surface area contributed by atoms with E-state index in [4.69, 9.17) is 34.8 Å². The van der Waals surface area contributed by atoms with Gasteiger partial charge in [0, 0.05) is 17.1 Å². The molecule has 2 amide bonds. The molecular weight excluding hydrogens is 533 g/mol. The second-order valence-electron chi connectivity index (χ2n) is 9.18. The Labute approximate surface area is 222 Å². The quantitative estimate of drug-likeness (QED) is 0.459. The van der Waals surface area contributed by atoms with Crippen LogP contribution in [0.3, 0.4) is 0 Å². The molecule has 2 aromatic carbocycles. The van der Waals surface area contributed by atoms with Gasteiger partial charge < -0.3 is 10.2 Å². The van der Waals surface area contributed by atoms with Crippen LogP contribution in [0.25, 0.3) is 0 Å². The fourth-order valence-corrected chi connectivity index (χ4v) is 4.72. The molecule has 2 rings (SSSR count). The molecule has 0 radical (unpaired) electrons. The summed E-state index contributed by atoms with van der Waals surface area (Å²) in [5, 5.41) is 4.00. The van der Waals surface area contributed by atoms with Gasteiger partial charge >= 0.3 is 0 Å². The van der Waals surface area contributed by atoms with E-state index in [1.54, 1.807) is 37.3 Å². The minimum Gasteiger partial charge on any atom is -0.350 e. The molecule has 0 spiro atoms. The summed E-state index contributed by atoms with van der Waals surface area (Å²) in [5.41, 5.74) is 0.407. The number of carbonyl (C=O) groups excluding carboxylic acids is 2. The van der Waals surface area contributed by atoms with E-state index >= 15 is 0 Å². The number of hydrogen-bond acceptors (Lipinski definition) is 4. The Hall–Kier alpha value is -2.00. The molecule has 192 valence electrons. The number of halogens is 3. The highest BCUT2D eigenvalue weighted by molar-refractivity contribution is 7.92. The van der Waals surface area contributed by atoms with Crippen LogP contribution >= 0.6 is 34.8 Å². The van der Waals surface area contributed by atoms with Crippen molar-refractivity contribution in [2.45, 2.75) is 52.2 Å². The van der Waals surface area contributed by atoms with Crippen molar-refractivity contribution in [1.82, 2.24) is 10.2 Å². The van der Waals surface area contributed by atoms with Crippen molar-refractivity contribution in [3.8, 4) is 0 Å². The number of hydrogen-bond donors (Lipinski definition) is 1. The molecule has 0 aliphatic carbocycles. The molecule has 11 heteroatoms. The van der Waals surface area contributed by atoms with Gasteiger partial charge in [-0.1, -0.05) is 47.8 Å². The van der Waals surface area contributed by atoms with Crippen LogP contribution in [-0.2, 0) is 26.2 Å². The van der Waals surface area contributed by atoms with E-state index in [2.05, 4.69) is 5.32 Å². The molecule has 0 saturated carbocycles. The average molecular weight is 563 g/mol. The van der Waals surface area contributed by atoms with Crippen LogP contribution < -0.4 is 9.62 Å². The first-order valence-corrected chi connectivity index (χ1v) is 13.9. The third-order valence-electron chi connectivity index (χ3n) is 5.01. The third kappa shape index (κ3) is 8.56. The Morgan fingerprint density at radius 3 is 2.09 bits per heavy atom. The molecule has 0 unspecified atom stereocenters. The van der Waals surface area contributed by atoms with Gasteiger partial charge in [0.15, 0.2) is 0 Å². The van der Waals surface area contributed by atoms with Gasteiger partial charge in [0.2, 0.25) is 21.8 Å². The maximum absolute atomic E-state index is 13.6. The minimum atomic E-state index is -3.82. The number of rotatable bonds is 9. The highest BCUT2D eigenvalue weighted by atomic mass is 35.5. The van der Waals surface area contributed by atoms with Crippen molar-refractivity contribution in [2.75, 3.05) is 17.1 Å². The van der Waals surface area contributed by atoms with Crippen LogP contribution in [-0.4, -0.2) is 49.5 Å². The predicted octanol–water partition coefficient (Wildman–Crippen LogP) is 5.13. The largest absolute Gasteiger partial charge is 0.350 e. The Bertz CT molecular complexity index is 1170. The first kappa shape index (κ1) is 29.2. The van der Waals surface area contributed by atoms with Crippen LogP contribution in [0.2, 0.25) is 15.1 Å². The summed E-state index contributed by atoms with van der Waals surface area (Å²) in [5.74, 6) is -0.891. The summed E-state index contributed by atoms with van der Waals surface area (Å²) in [7, 11) is -3.82. The van der Waals surface area contributed by atoms with Crippen molar-refractivity contribution in [1.29, 1.82) is 0 Å². The standard InChI is InChI=1S/C24H30Cl3N3O4S/c1-6-21(23(32)28-24(2,3)4)29(14-16-7-12-19(26)20(27)13-16)22(31)15-30(35(5,33)34)18-10-8-17(25)9-11-18/h7-13,21H,6,14-15H2,1-5H3,(H,28,32)/t21-/m0/s1. The first-order chi connectivity index (χ1) is 16.1. The predicted molar refractivity (Wildman–Crippen MR) is 143 cm³/mol. The molecule has 0 saturated heterocycles. The molecule has 1 N–H and O–H groups in total. The molecule has 35 heavy (non-hydrogen) atoms. The first-order valence-electron chi connectivity index (χ1n) is 10.9. The van der Waals surface area contributed by atoms with Gasteiger partial charge in [-0.25, -0.2) is 8.42 Å². The summed E-state index contributed by atoms with van der Waals surface area (Å²) in [6.07, 6.45) is 1.33. The van der Waals surface area contributed by atoms with Crippen LogP contribution in [0.15, 0.2) is 42.5 Å². The highest BCUT2D eigenvalue weighted by Crippen LogP contribution is 2.25. The lowest BCUT2D eigenvalue weighted by Crippen LogP contribution is -2.55. The van der Waals surface area contributed by atoms with E-state index in [9.17, 15) is 18.0 Å². The van der Waals surface area contributed by atoms with Gasteiger partial charge in [0.1, 0.15) is 12.6 Å². The van der Waals surface area contributed by atoms with E-state index in [-0.39, 0.29) is 18.1 Å².